The Bertz CT molecular complexity index is 604. The van der Waals surface area contributed by atoms with Gasteiger partial charge in [-0.3, -0.25) is 10.1 Å². The standard InChI is InChI=1S/C12H13N3O4/c16-15(17)9-3-4-11-10(6-9)14-12(19-11)13-8-2-1-5-18-7-8/h3-4,6,8H,1-2,5,7H2,(H,13,14). The summed E-state index contributed by atoms with van der Waals surface area (Å²) in [5.74, 6) is 0. The monoisotopic (exact) mass is 263 g/mol. The van der Waals surface area contributed by atoms with E-state index < -0.39 is 4.92 Å². The first kappa shape index (κ1) is 11.9. The van der Waals surface area contributed by atoms with Crippen molar-refractivity contribution >= 4 is 22.8 Å². The summed E-state index contributed by atoms with van der Waals surface area (Å²) >= 11 is 0. The number of non-ortho nitro benzene ring substituents is 1. The summed E-state index contributed by atoms with van der Waals surface area (Å²) in [5.41, 5.74) is 1.02. The lowest BCUT2D eigenvalue weighted by molar-refractivity contribution is -0.384. The van der Waals surface area contributed by atoms with E-state index in [4.69, 9.17) is 9.15 Å². The van der Waals surface area contributed by atoms with Gasteiger partial charge in [0.05, 0.1) is 17.6 Å². The maximum absolute atomic E-state index is 10.7. The molecule has 2 aromatic rings. The average Bonchev–Trinajstić information content (AvgIpc) is 2.80. The van der Waals surface area contributed by atoms with Crippen molar-refractivity contribution in [3.8, 4) is 0 Å². The highest BCUT2D eigenvalue weighted by molar-refractivity contribution is 5.77. The second kappa shape index (κ2) is 4.85. The number of fused-ring (bicyclic) bond motifs is 1. The molecule has 1 fully saturated rings. The van der Waals surface area contributed by atoms with E-state index in [1.807, 2.05) is 0 Å². The van der Waals surface area contributed by atoms with Crippen LogP contribution in [0.25, 0.3) is 11.1 Å². The molecule has 1 atom stereocenters. The molecule has 7 nitrogen and oxygen atoms in total. The van der Waals surface area contributed by atoms with E-state index in [9.17, 15) is 10.1 Å². The van der Waals surface area contributed by atoms with Gasteiger partial charge in [-0.15, -0.1) is 0 Å². The molecule has 2 heterocycles. The van der Waals surface area contributed by atoms with E-state index in [2.05, 4.69) is 10.3 Å². The molecule has 100 valence electrons. The van der Waals surface area contributed by atoms with Crippen LogP contribution in [0.15, 0.2) is 22.6 Å². The first-order valence-electron chi connectivity index (χ1n) is 6.11. The van der Waals surface area contributed by atoms with Gasteiger partial charge >= 0.3 is 0 Å². The number of anilines is 1. The second-order valence-electron chi connectivity index (χ2n) is 4.49. The summed E-state index contributed by atoms with van der Waals surface area (Å²) < 4.78 is 10.9. The Kier molecular flexibility index (Phi) is 3.04. The minimum Gasteiger partial charge on any atom is -0.424 e. The lowest BCUT2D eigenvalue weighted by Crippen LogP contribution is -2.30. The summed E-state index contributed by atoms with van der Waals surface area (Å²) in [4.78, 5) is 14.4. The van der Waals surface area contributed by atoms with Crippen molar-refractivity contribution in [2.75, 3.05) is 18.5 Å². The number of nitrogens with one attached hydrogen (secondary N) is 1. The minimum absolute atomic E-state index is 0.00773. The number of nitro groups is 1. The molecule has 1 aliphatic rings. The Hall–Kier alpha value is -2.15. The summed E-state index contributed by atoms with van der Waals surface area (Å²) in [6.07, 6.45) is 2.00. The van der Waals surface area contributed by atoms with Crippen LogP contribution in [-0.2, 0) is 4.74 Å². The van der Waals surface area contributed by atoms with E-state index in [1.165, 1.54) is 12.1 Å². The quantitative estimate of drug-likeness (QED) is 0.675. The summed E-state index contributed by atoms with van der Waals surface area (Å²) in [5, 5.41) is 13.8. The van der Waals surface area contributed by atoms with E-state index >= 15 is 0 Å². The van der Waals surface area contributed by atoms with Crippen molar-refractivity contribution in [2.45, 2.75) is 18.9 Å². The zero-order chi connectivity index (χ0) is 13.2. The van der Waals surface area contributed by atoms with Crippen LogP contribution in [0.5, 0.6) is 0 Å². The van der Waals surface area contributed by atoms with Crippen LogP contribution < -0.4 is 5.32 Å². The molecule has 1 N–H and O–H groups in total. The van der Waals surface area contributed by atoms with Crippen molar-refractivity contribution in [3.05, 3.63) is 28.3 Å². The maximum Gasteiger partial charge on any atom is 0.295 e. The number of hydrogen-bond donors (Lipinski definition) is 1. The SMILES string of the molecule is O=[N+]([O-])c1ccc2oc(NC3CCCOC3)nc2c1. The second-order valence-corrected chi connectivity index (χ2v) is 4.49. The Morgan fingerprint density at radius 3 is 3.11 bits per heavy atom. The Balaban J connectivity index is 1.82. The highest BCUT2D eigenvalue weighted by Gasteiger charge is 2.17. The van der Waals surface area contributed by atoms with Crippen molar-refractivity contribution in [2.24, 2.45) is 0 Å². The van der Waals surface area contributed by atoms with E-state index in [1.54, 1.807) is 6.07 Å². The van der Waals surface area contributed by atoms with Gasteiger partial charge < -0.3 is 14.5 Å². The third kappa shape index (κ3) is 2.50. The lowest BCUT2D eigenvalue weighted by atomic mass is 10.1. The number of benzene rings is 1. The van der Waals surface area contributed by atoms with Crippen LogP contribution in [0.1, 0.15) is 12.8 Å². The number of oxazole rings is 1. The zero-order valence-electron chi connectivity index (χ0n) is 10.2. The summed E-state index contributed by atoms with van der Waals surface area (Å²) in [7, 11) is 0. The highest BCUT2D eigenvalue weighted by atomic mass is 16.6. The molecule has 1 aromatic heterocycles. The van der Waals surface area contributed by atoms with E-state index in [-0.39, 0.29) is 11.7 Å². The molecule has 0 radical (unpaired) electrons. The smallest absolute Gasteiger partial charge is 0.295 e. The number of aromatic nitrogens is 1. The van der Waals surface area contributed by atoms with E-state index in [0.29, 0.717) is 23.7 Å². The molecule has 0 amide bonds. The van der Waals surface area contributed by atoms with Crippen molar-refractivity contribution in [1.29, 1.82) is 0 Å². The first-order chi connectivity index (χ1) is 9.22. The van der Waals surface area contributed by atoms with Gasteiger partial charge in [0.2, 0.25) is 0 Å². The zero-order valence-corrected chi connectivity index (χ0v) is 10.2. The molecule has 0 aliphatic carbocycles. The largest absolute Gasteiger partial charge is 0.424 e. The average molecular weight is 263 g/mol. The predicted octanol–water partition coefficient (Wildman–Crippen LogP) is 2.33. The summed E-state index contributed by atoms with van der Waals surface area (Å²) in [6.45, 7) is 1.41. The molecular formula is C12H13N3O4. The third-order valence-corrected chi connectivity index (χ3v) is 3.07. The van der Waals surface area contributed by atoms with Crippen LogP contribution >= 0.6 is 0 Å². The Morgan fingerprint density at radius 2 is 2.37 bits per heavy atom. The Morgan fingerprint density at radius 1 is 1.47 bits per heavy atom. The van der Waals surface area contributed by atoms with E-state index in [0.717, 1.165) is 19.4 Å². The van der Waals surface area contributed by atoms with Crippen LogP contribution in [0.4, 0.5) is 11.7 Å². The molecule has 19 heavy (non-hydrogen) atoms. The number of nitro benzene ring substituents is 1. The molecule has 1 aromatic carbocycles. The van der Waals surface area contributed by atoms with Crippen LogP contribution in [0.3, 0.4) is 0 Å². The molecule has 0 saturated carbocycles. The maximum atomic E-state index is 10.7. The molecule has 0 spiro atoms. The van der Waals surface area contributed by atoms with Gasteiger partial charge in [-0.05, 0) is 18.9 Å². The van der Waals surface area contributed by atoms with Gasteiger partial charge in [0.15, 0.2) is 5.58 Å². The minimum atomic E-state index is -0.448. The number of hydrogen-bond acceptors (Lipinski definition) is 6. The Labute approximate surface area is 108 Å². The van der Waals surface area contributed by atoms with Gasteiger partial charge in [0.1, 0.15) is 5.52 Å². The molecular weight excluding hydrogens is 250 g/mol. The molecule has 1 aliphatic heterocycles. The van der Waals surface area contributed by atoms with Crippen LogP contribution in [0, 0.1) is 10.1 Å². The van der Waals surface area contributed by atoms with Gasteiger partial charge in [-0.1, -0.05) is 0 Å². The molecule has 7 heteroatoms. The molecule has 3 rings (SSSR count). The molecule has 1 unspecified atom stereocenters. The molecule has 1 saturated heterocycles. The fourth-order valence-corrected chi connectivity index (χ4v) is 2.12. The van der Waals surface area contributed by atoms with Crippen molar-refractivity contribution in [3.63, 3.8) is 0 Å². The van der Waals surface area contributed by atoms with Crippen molar-refractivity contribution < 1.29 is 14.1 Å². The topological polar surface area (TPSA) is 90.4 Å². The van der Waals surface area contributed by atoms with Gasteiger partial charge in [-0.25, -0.2) is 0 Å². The molecule has 0 bridgehead atoms. The number of nitrogens with zero attached hydrogens (tertiary/aromatic N) is 2. The van der Waals surface area contributed by atoms with Crippen molar-refractivity contribution in [1.82, 2.24) is 4.98 Å². The highest BCUT2D eigenvalue weighted by Crippen LogP contribution is 2.24. The summed E-state index contributed by atoms with van der Waals surface area (Å²) in [6, 6.07) is 4.92. The van der Waals surface area contributed by atoms with Crippen LogP contribution in [-0.4, -0.2) is 29.2 Å². The lowest BCUT2D eigenvalue weighted by Gasteiger charge is -2.21. The fourth-order valence-electron chi connectivity index (χ4n) is 2.12. The first-order valence-corrected chi connectivity index (χ1v) is 6.11. The third-order valence-electron chi connectivity index (χ3n) is 3.07. The fraction of sp³-hybridized carbons (Fsp3) is 0.417. The van der Waals surface area contributed by atoms with Crippen LogP contribution in [0.2, 0.25) is 0 Å². The number of rotatable bonds is 3. The predicted molar refractivity (Wildman–Crippen MR) is 68.1 cm³/mol. The van der Waals surface area contributed by atoms with Gasteiger partial charge in [0.25, 0.3) is 11.7 Å². The van der Waals surface area contributed by atoms with Gasteiger partial charge in [-0.2, -0.15) is 4.98 Å². The normalized spacial score (nSPS) is 19.5. The number of ether oxygens (including phenoxy) is 1. The van der Waals surface area contributed by atoms with Gasteiger partial charge in [0, 0.05) is 18.7 Å².